The zero-order chi connectivity index (χ0) is 19.9. The fraction of sp³-hybridized carbons (Fsp3) is 0.520. The first-order chi connectivity index (χ1) is 13.0. The Kier molecular flexibility index (Phi) is 8.07. The van der Waals surface area contributed by atoms with E-state index in [2.05, 4.69) is 83.1 Å². The summed E-state index contributed by atoms with van der Waals surface area (Å²) in [7, 11) is 0. The van der Waals surface area contributed by atoms with E-state index in [9.17, 15) is 5.11 Å². The van der Waals surface area contributed by atoms with Crippen LogP contribution in [-0.4, -0.2) is 23.9 Å². The number of aliphatic hydroxyl groups is 1. The molecule has 2 rings (SSSR count). The monoisotopic (exact) mass is 368 g/mol. The summed E-state index contributed by atoms with van der Waals surface area (Å²) in [6.07, 6.45) is 2.88. The second kappa shape index (κ2) is 10.1. The first kappa shape index (κ1) is 21.7. The van der Waals surface area contributed by atoms with Crippen molar-refractivity contribution in [2.75, 3.05) is 13.2 Å². The molecule has 27 heavy (non-hydrogen) atoms. The maximum absolute atomic E-state index is 9.46. The van der Waals surface area contributed by atoms with Gasteiger partial charge in [0, 0.05) is 12.3 Å². The Morgan fingerprint density at radius 3 is 2.00 bits per heavy atom. The highest BCUT2D eigenvalue weighted by Crippen LogP contribution is 2.41. The molecule has 2 unspecified atom stereocenters. The lowest BCUT2D eigenvalue weighted by molar-refractivity contribution is -0.0726. The van der Waals surface area contributed by atoms with E-state index in [-0.39, 0.29) is 18.1 Å². The normalized spacial score (nSPS) is 14.9. The average molecular weight is 369 g/mol. The van der Waals surface area contributed by atoms with E-state index in [4.69, 9.17) is 4.74 Å². The van der Waals surface area contributed by atoms with Gasteiger partial charge in [-0.2, -0.15) is 0 Å². The summed E-state index contributed by atoms with van der Waals surface area (Å²) >= 11 is 0. The number of aryl methyl sites for hydroxylation is 2. The van der Waals surface area contributed by atoms with Crippen molar-refractivity contribution in [1.29, 1.82) is 0 Å². The van der Waals surface area contributed by atoms with Crippen molar-refractivity contribution in [3.8, 4) is 0 Å². The quantitative estimate of drug-likeness (QED) is 0.595. The zero-order valence-corrected chi connectivity index (χ0v) is 17.7. The minimum Gasteiger partial charge on any atom is -0.394 e. The Bertz CT molecular complexity index is 707. The lowest BCUT2D eigenvalue weighted by Crippen LogP contribution is -2.42. The molecule has 0 radical (unpaired) electrons. The van der Waals surface area contributed by atoms with Crippen LogP contribution in [0.25, 0.3) is 0 Å². The Morgan fingerprint density at radius 1 is 0.889 bits per heavy atom. The maximum Gasteiger partial charge on any atom is 0.0766 e. The molecule has 2 heteroatoms. The molecule has 0 aliphatic rings. The molecule has 0 fully saturated rings. The molecule has 0 aromatic heterocycles. The van der Waals surface area contributed by atoms with Crippen LogP contribution in [0.5, 0.6) is 0 Å². The van der Waals surface area contributed by atoms with Crippen molar-refractivity contribution in [3.63, 3.8) is 0 Å². The van der Waals surface area contributed by atoms with Crippen LogP contribution in [0.15, 0.2) is 48.5 Å². The molecule has 0 heterocycles. The molecule has 148 valence electrons. The first-order valence-corrected chi connectivity index (χ1v) is 10.4. The van der Waals surface area contributed by atoms with Gasteiger partial charge in [-0.3, -0.25) is 0 Å². The van der Waals surface area contributed by atoms with E-state index in [0.29, 0.717) is 12.5 Å². The molecule has 0 bridgehead atoms. The molecular weight excluding hydrogens is 332 g/mol. The minimum absolute atomic E-state index is 0.0469. The van der Waals surface area contributed by atoms with Gasteiger partial charge in [0.05, 0.1) is 18.8 Å². The number of hydrogen-bond acceptors (Lipinski definition) is 2. The fourth-order valence-corrected chi connectivity index (χ4v) is 4.54. The Hall–Kier alpha value is -1.64. The predicted molar refractivity (Wildman–Crippen MR) is 114 cm³/mol. The summed E-state index contributed by atoms with van der Waals surface area (Å²) in [6, 6.07) is 17.4. The van der Waals surface area contributed by atoms with Crippen molar-refractivity contribution in [2.24, 2.45) is 5.92 Å². The molecule has 0 aliphatic heterocycles. The topological polar surface area (TPSA) is 29.5 Å². The van der Waals surface area contributed by atoms with Crippen LogP contribution in [-0.2, 0) is 24.0 Å². The number of hydrogen-bond donors (Lipinski definition) is 1. The van der Waals surface area contributed by atoms with E-state index >= 15 is 0 Å². The summed E-state index contributed by atoms with van der Waals surface area (Å²) < 4.78 is 6.41. The van der Waals surface area contributed by atoms with Gasteiger partial charge in [-0.25, -0.2) is 0 Å². The van der Waals surface area contributed by atoms with E-state index in [1.165, 1.54) is 22.3 Å². The van der Waals surface area contributed by atoms with E-state index in [1.54, 1.807) is 0 Å². The van der Waals surface area contributed by atoms with Crippen LogP contribution in [0.2, 0.25) is 0 Å². The highest BCUT2D eigenvalue weighted by atomic mass is 16.5. The fourth-order valence-electron chi connectivity index (χ4n) is 4.54. The average Bonchev–Trinajstić information content (AvgIpc) is 2.67. The zero-order valence-electron chi connectivity index (χ0n) is 17.7. The Morgan fingerprint density at radius 2 is 1.44 bits per heavy atom. The predicted octanol–water partition coefficient (Wildman–Crippen LogP) is 5.56. The standard InChI is InChI=1S/C25H36O2/c1-6-20-12-8-9-14-22(20)18-25(5,27-17-16-26)24(19(3)4)23-15-11-10-13-21(23)7-2/h8-15,19,24,26H,6-7,16-18H2,1-5H3. The third-order valence-corrected chi connectivity index (χ3v) is 5.66. The lowest BCUT2D eigenvalue weighted by atomic mass is 9.71. The van der Waals surface area contributed by atoms with Crippen molar-refractivity contribution in [1.82, 2.24) is 0 Å². The summed E-state index contributed by atoms with van der Waals surface area (Å²) in [5.41, 5.74) is 5.11. The second-order valence-electron chi connectivity index (χ2n) is 7.96. The summed E-state index contributed by atoms with van der Waals surface area (Å²) in [6.45, 7) is 11.6. The van der Waals surface area contributed by atoms with Crippen molar-refractivity contribution in [2.45, 2.75) is 65.4 Å². The van der Waals surface area contributed by atoms with Crippen LogP contribution < -0.4 is 0 Å². The lowest BCUT2D eigenvalue weighted by Gasteiger charge is -2.42. The third-order valence-electron chi connectivity index (χ3n) is 5.66. The molecular formula is C25H36O2. The highest BCUT2D eigenvalue weighted by Gasteiger charge is 2.39. The molecule has 0 spiro atoms. The summed E-state index contributed by atoms with van der Waals surface area (Å²) in [5, 5.41) is 9.46. The largest absolute Gasteiger partial charge is 0.394 e. The van der Waals surface area contributed by atoms with Gasteiger partial charge in [0.15, 0.2) is 0 Å². The van der Waals surface area contributed by atoms with Crippen LogP contribution in [0.3, 0.4) is 0 Å². The van der Waals surface area contributed by atoms with Gasteiger partial charge in [-0.05, 0) is 47.9 Å². The number of benzene rings is 2. The SMILES string of the molecule is CCc1ccccc1CC(C)(OCCO)C(c1ccccc1CC)C(C)C. The number of rotatable bonds is 10. The second-order valence-corrected chi connectivity index (χ2v) is 7.96. The van der Waals surface area contributed by atoms with Gasteiger partial charge in [-0.1, -0.05) is 76.2 Å². The number of ether oxygens (including phenoxy) is 1. The van der Waals surface area contributed by atoms with Crippen LogP contribution in [0, 0.1) is 5.92 Å². The smallest absolute Gasteiger partial charge is 0.0766 e. The molecule has 2 atom stereocenters. The Balaban J connectivity index is 2.52. The van der Waals surface area contributed by atoms with Crippen LogP contribution in [0.4, 0.5) is 0 Å². The van der Waals surface area contributed by atoms with Gasteiger partial charge < -0.3 is 9.84 Å². The summed E-state index contributed by atoms with van der Waals surface area (Å²) in [5.74, 6) is 0.681. The number of aliphatic hydroxyl groups excluding tert-OH is 1. The van der Waals surface area contributed by atoms with Crippen molar-refractivity contribution < 1.29 is 9.84 Å². The maximum atomic E-state index is 9.46. The van der Waals surface area contributed by atoms with Gasteiger partial charge in [0.25, 0.3) is 0 Å². The molecule has 0 amide bonds. The van der Waals surface area contributed by atoms with Crippen molar-refractivity contribution >= 4 is 0 Å². The van der Waals surface area contributed by atoms with E-state index in [1.807, 2.05) is 0 Å². The molecule has 2 nitrogen and oxygen atoms in total. The van der Waals surface area contributed by atoms with Gasteiger partial charge in [0.1, 0.15) is 0 Å². The highest BCUT2D eigenvalue weighted by molar-refractivity contribution is 5.35. The molecule has 0 saturated carbocycles. The van der Waals surface area contributed by atoms with E-state index < -0.39 is 0 Å². The Labute approximate surface area is 165 Å². The van der Waals surface area contributed by atoms with Crippen LogP contribution in [0.1, 0.15) is 62.8 Å². The molecule has 0 aliphatic carbocycles. The third kappa shape index (κ3) is 5.21. The molecule has 0 saturated heterocycles. The van der Waals surface area contributed by atoms with Gasteiger partial charge in [0.2, 0.25) is 0 Å². The molecule has 2 aromatic rings. The summed E-state index contributed by atoms with van der Waals surface area (Å²) in [4.78, 5) is 0. The van der Waals surface area contributed by atoms with Crippen molar-refractivity contribution in [3.05, 3.63) is 70.8 Å². The van der Waals surface area contributed by atoms with Gasteiger partial charge >= 0.3 is 0 Å². The first-order valence-electron chi connectivity index (χ1n) is 10.4. The minimum atomic E-state index is -0.382. The van der Waals surface area contributed by atoms with Gasteiger partial charge in [-0.15, -0.1) is 0 Å². The molecule has 1 N–H and O–H groups in total. The van der Waals surface area contributed by atoms with Crippen LogP contribution >= 0.6 is 0 Å². The molecule has 2 aromatic carbocycles. The van der Waals surface area contributed by atoms with E-state index in [0.717, 1.165) is 19.3 Å².